The fraction of sp³-hybridized carbons (Fsp3) is 0.294. The van der Waals surface area contributed by atoms with Gasteiger partial charge in [-0.15, -0.1) is 0 Å². The molecule has 0 amide bonds. The van der Waals surface area contributed by atoms with Gasteiger partial charge in [0, 0.05) is 12.2 Å². The summed E-state index contributed by atoms with van der Waals surface area (Å²) in [6.45, 7) is 4.32. The fourth-order valence-corrected chi connectivity index (χ4v) is 3.14. The van der Waals surface area contributed by atoms with Crippen molar-refractivity contribution in [2.24, 2.45) is 0 Å². The van der Waals surface area contributed by atoms with Crippen molar-refractivity contribution in [1.82, 2.24) is 4.57 Å². The highest BCUT2D eigenvalue weighted by Gasteiger charge is 2.26. The molecule has 0 radical (unpaired) electrons. The van der Waals surface area contributed by atoms with Crippen LogP contribution in [0.4, 0.5) is 0 Å². The van der Waals surface area contributed by atoms with Crippen LogP contribution in [0.3, 0.4) is 0 Å². The summed E-state index contributed by atoms with van der Waals surface area (Å²) in [6, 6.07) is 7.64. The lowest BCUT2D eigenvalue weighted by atomic mass is 9.95. The first-order valence-corrected chi connectivity index (χ1v) is 7.07. The monoisotopic (exact) mass is 283 g/mol. The summed E-state index contributed by atoms with van der Waals surface area (Å²) in [5, 5.41) is 9.52. The van der Waals surface area contributed by atoms with Gasteiger partial charge in [0.2, 0.25) is 0 Å². The molecule has 3 rings (SSSR count). The average Bonchev–Trinajstić information content (AvgIpc) is 2.90. The van der Waals surface area contributed by atoms with Crippen molar-refractivity contribution < 1.29 is 9.90 Å². The molecular weight excluding hydrogens is 266 g/mol. The van der Waals surface area contributed by atoms with E-state index in [2.05, 4.69) is 0 Å². The van der Waals surface area contributed by atoms with Crippen LogP contribution in [0, 0.1) is 13.8 Å². The summed E-state index contributed by atoms with van der Waals surface area (Å²) < 4.78 is 1.63. The van der Waals surface area contributed by atoms with Crippen LogP contribution in [0.25, 0.3) is 11.1 Å². The first-order chi connectivity index (χ1) is 10.0. The zero-order chi connectivity index (χ0) is 15.1. The van der Waals surface area contributed by atoms with Gasteiger partial charge in [0.05, 0.1) is 11.1 Å². The molecular formula is C17H17NO3. The number of rotatable bonds is 2. The van der Waals surface area contributed by atoms with Crippen LogP contribution < -0.4 is 5.56 Å². The molecule has 0 saturated heterocycles. The summed E-state index contributed by atoms with van der Waals surface area (Å²) >= 11 is 0. The number of carbonyl (C=O) groups is 1. The number of benzene rings is 1. The number of aromatic nitrogens is 1. The molecule has 4 nitrogen and oxygen atoms in total. The van der Waals surface area contributed by atoms with E-state index in [0.717, 1.165) is 17.5 Å². The summed E-state index contributed by atoms with van der Waals surface area (Å²) in [4.78, 5) is 24.3. The number of nitrogens with zero attached hydrogens (tertiary/aromatic N) is 1. The van der Waals surface area contributed by atoms with Gasteiger partial charge in [0.1, 0.15) is 0 Å². The first kappa shape index (κ1) is 13.6. The summed E-state index contributed by atoms with van der Waals surface area (Å²) in [6.07, 6.45) is 1.48. The fourth-order valence-electron chi connectivity index (χ4n) is 3.14. The van der Waals surface area contributed by atoms with Gasteiger partial charge in [0.25, 0.3) is 5.56 Å². The van der Waals surface area contributed by atoms with E-state index in [4.69, 9.17) is 0 Å². The van der Waals surface area contributed by atoms with E-state index in [9.17, 15) is 14.7 Å². The Balaban J connectivity index is 2.36. The largest absolute Gasteiger partial charge is 0.478 e. The Bertz CT molecular complexity index is 785. The minimum Gasteiger partial charge on any atom is -0.478 e. The van der Waals surface area contributed by atoms with Crippen molar-refractivity contribution in [2.45, 2.75) is 33.2 Å². The lowest BCUT2D eigenvalue weighted by Crippen LogP contribution is -2.26. The Morgan fingerprint density at radius 1 is 1.19 bits per heavy atom. The van der Waals surface area contributed by atoms with E-state index in [1.165, 1.54) is 0 Å². The van der Waals surface area contributed by atoms with Gasteiger partial charge >= 0.3 is 5.97 Å². The molecule has 1 aromatic carbocycles. The molecule has 1 aromatic heterocycles. The normalized spacial score (nSPS) is 13.2. The van der Waals surface area contributed by atoms with Crippen LogP contribution in [0.5, 0.6) is 0 Å². The van der Waals surface area contributed by atoms with Crippen molar-refractivity contribution in [3.63, 3.8) is 0 Å². The van der Waals surface area contributed by atoms with Gasteiger partial charge in [-0.3, -0.25) is 4.79 Å². The lowest BCUT2D eigenvalue weighted by Gasteiger charge is -2.15. The van der Waals surface area contributed by atoms with Gasteiger partial charge in [0.15, 0.2) is 0 Å². The third kappa shape index (κ3) is 2.07. The van der Waals surface area contributed by atoms with Crippen molar-refractivity contribution in [3.05, 3.63) is 57.0 Å². The van der Waals surface area contributed by atoms with Crippen LogP contribution >= 0.6 is 0 Å². The zero-order valence-electron chi connectivity index (χ0n) is 12.1. The Hall–Kier alpha value is -2.36. The molecule has 2 heterocycles. The molecule has 0 saturated carbocycles. The number of hydrogen-bond acceptors (Lipinski definition) is 2. The van der Waals surface area contributed by atoms with Crippen LogP contribution in [0.15, 0.2) is 29.1 Å². The molecule has 21 heavy (non-hydrogen) atoms. The Morgan fingerprint density at radius 3 is 2.48 bits per heavy atom. The Kier molecular flexibility index (Phi) is 3.16. The number of fused-ring (bicyclic) bond motifs is 1. The highest BCUT2D eigenvalue weighted by atomic mass is 16.4. The van der Waals surface area contributed by atoms with Gasteiger partial charge in [-0.2, -0.15) is 0 Å². The topological polar surface area (TPSA) is 59.3 Å². The standard InChI is InChI=1S/C17H17NO3/c1-10-5-7-12(8-6-10)14-11(2)15(17(20)21)13-4-3-9-18(13)16(14)19/h5-8H,3-4,9H2,1-2H3,(H,20,21). The average molecular weight is 283 g/mol. The molecule has 4 heteroatoms. The van der Waals surface area contributed by atoms with Crippen LogP contribution in [-0.4, -0.2) is 15.6 Å². The zero-order valence-corrected chi connectivity index (χ0v) is 12.1. The van der Waals surface area contributed by atoms with E-state index in [-0.39, 0.29) is 5.56 Å². The van der Waals surface area contributed by atoms with Crippen LogP contribution in [0.2, 0.25) is 0 Å². The Morgan fingerprint density at radius 2 is 1.86 bits per heavy atom. The van der Waals surface area contributed by atoms with Crippen molar-refractivity contribution >= 4 is 5.97 Å². The maximum atomic E-state index is 12.7. The maximum absolute atomic E-state index is 12.7. The SMILES string of the molecule is Cc1ccc(-c2c(C)c(C(=O)O)c3n(c2=O)CCC3)cc1. The summed E-state index contributed by atoms with van der Waals surface area (Å²) in [7, 11) is 0. The second-order valence-corrected chi connectivity index (χ2v) is 5.55. The van der Waals surface area contributed by atoms with Crippen molar-refractivity contribution in [1.29, 1.82) is 0 Å². The second kappa shape index (κ2) is 4.88. The predicted octanol–water partition coefficient (Wildman–Crippen LogP) is 2.78. The quantitative estimate of drug-likeness (QED) is 0.922. The van der Waals surface area contributed by atoms with Gasteiger partial charge in [-0.1, -0.05) is 29.8 Å². The van der Waals surface area contributed by atoms with Crippen molar-refractivity contribution in [2.75, 3.05) is 0 Å². The van der Waals surface area contributed by atoms with Gasteiger partial charge in [-0.25, -0.2) is 4.79 Å². The number of aryl methyl sites for hydroxylation is 1. The molecule has 0 aliphatic carbocycles. The molecule has 0 atom stereocenters. The molecule has 1 N–H and O–H groups in total. The highest BCUT2D eigenvalue weighted by molar-refractivity contribution is 5.93. The summed E-state index contributed by atoms with van der Waals surface area (Å²) in [5.41, 5.74) is 3.86. The molecule has 0 fully saturated rings. The minimum atomic E-state index is -0.952. The van der Waals surface area contributed by atoms with E-state index >= 15 is 0 Å². The second-order valence-electron chi connectivity index (χ2n) is 5.55. The van der Waals surface area contributed by atoms with E-state index < -0.39 is 5.97 Å². The number of pyridine rings is 1. The molecule has 1 aliphatic rings. The first-order valence-electron chi connectivity index (χ1n) is 7.07. The maximum Gasteiger partial charge on any atom is 0.337 e. The van der Waals surface area contributed by atoms with Crippen LogP contribution in [0.1, 0.15) is 33.6 Å². The molecule has 0 unspecified atom stereocenters. The number of hydrogen-bond donors (Lipinski definition) is 1. The molecule has 108 valence electrons. The number of carboxylic acids is 1. The Labute approximate surface area is 122 Å². The highest BCUT2D eigenvalue weighted by Crippen LogP contribution is 2.28. The van der Waals surface area contributed by atoms with Crippen molar-refractivity contribution in [3.8, 4) is 11.1 Å². The van der Waals surface area contributed by atoms with Crippen LogP contribution in [-0.2, 0) is 13.0 Å². The molecule has 0 bridgehead atoms. The number of carboxylic acid groups (broad SMARTS) is 1. The predicted molar refractivity (Wildman–Crippen MR) is 80.9 cm³/mol. The van der Waals surface area contributed by atoms with E-state index in [1.54, 1.807) is 11.5 Å². The smallest absolute Gasteiger partial charge is 0.337 e. The van der Waals surface area contributed by atoms with Gasteiger partial charge < -0.3 is 9.67 Å². The minimum absolute atomic E-state index is 0.0751. The molecule has 0 spiro atoms. The third-order valence-electron chi connectivity index (χ3n) is 4.17. The van der Waals surface area contributed by atoms with Gasteiger partial charge in [-0.05, 0) is 37.8 Å². The third-order valence-corrected chi connectivity index (χ3v) is 4.17. The molecule has 2 aromatic rings. The lowest BCUT2D eigenvalue weighted by molar-refractivity contribution is 0.0694. The number of aromatic carboxylic acids is 1. The summed E-state index contributed by atoms with van der Waals surface area (Å²) in [5.74, 6) is -0.952. The molecule has 1 aliphatic heterocycles. The van der Waals surface area contributed by atoms with E-state index in [0.29, 0.717) is 35.3 Å². The van der Waals surface area contributed by atoms with E-state index in [1.807, 2.05) is 31.2 Å².